The van der Waals surface area contributed by atoms with Crippen LogP contribution in [0.25, 0.3) is 0 Å². The first-order valence-corrected chi connectivity index (χ1v) is 6.86. The average Bonchev–Trinajstić information content (AvgIpc) is 2.73. The number of alkyl halides is 3. The Morgan fingerprint density at radius 1 is 1.33 bits per heavy atom. The number of aromatic carboxylic acids is 1. The summed E-state index contributed by atoms with van der Waals surface area (Å²) in [5.41, 5.74) is 1.65. The lowest BCUT2D eigenvalue weighted by atomic mass is 10.1. The summed E-state index contributed by atoms with van der Waals surface area (Å²) in [5, 5.41) is 16.3. The molecule has 128 valence electrons. The molecule has 0 saturated heterocycles. The van der Waals surface area contributed by atoms with Crippen LogP contribution in [0.3, 0.4) is 0 Å². The Balaban J connectivity index is 2.45. The molecule has 0 aliphatic heterocycles. The number of anilines is 1. The van der Waals surface area contributed by atoms with Crippen molar-refractivity contribution < 1.29 is 23.1 Å². The number of benzene rings is 1. The number of carboxylic acids is 1. The average molecular weight is 340 g/mol. The Morgan fingerprint density at radius 3 is 2.50 bits per heavy atom. The number of hydrogen-bond acceptors (Lipinski definition) is 4. The summed E-state index contributed by atoms with van der Waals surface area (Å²) in [4.78, 5) is 10.9. The maximum atomic E-state index is 13.4. The number of rotatable bonds is 4. The van der Waals surface area contributed by atoms with Crippen molar-refractivity contribution in [3.8, 4) is 0 Å². The molecule has 0 aliphatic rings. The van der Waals surface area contributed by atoms with Gasteiger partial charge in [-0.3, -0.25) is 10.1 Å². The lowest BCUT2D eigenvalue weighted by Gasteiger charge is -2.12. The minimum atomic E-state index is -4.70. The van der Waals surface area contributed by atoms with E-state index in [-0.39, 0.29) is 22.5 Å². The fourth-order valence-corrected chi connectivity index (χ4v) is 2.22. The number of hydrazone groups is 1. The highest BCUT2D eigenvalue weighted by molar-refractivity contribution is 6.06. The monoisotopic (exact) mass is 340 g/mol. The molecule has 2 rings (SSSR count). The Kier molecular flexibility index (Phi) is 4.63. The van der Waals surface area contributed by atoms with Crippen LogP contribution < -0.4 is 5.43 Å². The van der Waals surface area contributed by atoms with Gasteiger partial charge in [0.15, 0.2) is 5.71 Å². The Morgan fingerprint density at radius 2 is 2.00 bits per heavy atom. The molecule has 0 atom stereocenters. The molecule has 6 nitrogen and oxygen atoms in total. The fourth-order valence-electron chi connectivity index (χ4n) is 2.22. The van der Waals surface area contributed by atoms with Crippen molar-refractivity contribution in [1.82, 2.24) is 9.78 Å². The van der Waals surface area contributed by atoms with E-state index in [1.54, 1.807) is 7.05 Å². The van der Waals surface area contributed by atoms with Gasteiger partial charge < -0.3 is 5.11 Å². The predicted molar refractivity (Wildman–Crippen MR) is 82.3 cm³/mol. The minimum absolute atomic E-state index is 0.0579. The summed E-state index contributed by atoms with van der Waals surface area (Å²) in [5.74, 6) is -1.18. The summed E-state index contributed by atoms with van der Waals surface area (Å²) < 4.78 is 41.5. The maximum absolute atomic E-state index is 13.4. The van der Waals surface area contributed by atoms with E-state index in [0.29, 0.717) is 5.69 Å². The molecule has 0 radical (unpaired) electrons. The number of halogens is 3. The quantitative estimate of drug-likeness (QED) is 0.662. The predicted octanol–water partition coefficient (Wildman–Crippen LogP) is 3.11. The standard InChI is InChI=1S/C15H15F3N4O2/c1-8-12(9(2)22(3)21-8)13(15(16,17)18)20-19-11-6-4-5-10(7-11)14(23)24/h4-7,19H,1-3H3,(H,23,24). The number of carbonyl (C=O) groups is 1. The summed E-state index contributed by atoms with van der Waals surface area (Å²) >= 11 is 0. The van der Waals surface area contributed by atoms with Crippen molar-refractivity contribution in [2.45, 2.75) is 20.0 Å². The second-order valence-corrected chi connectivity index (χ2v) is 5.13. The third-order valence-electron chi connectivity index (χ3n) is 3.42. The summed E-state index contributed by atoms with van der Waals surface area (Å²) in [7, 11) is 1.55. The normalized spacial score (nSPS) is 12.3. The van der Waals surface area contributed by atoms with E-state index in [9.17, 15) is 18.0 Å². The molecule has 0 saturated carbocycles. The van der Waals surface area contributed by atoms with E-state index in [0.717, 1.165) is 0 Å². The molecule has 0 aliphatic carbocycles. The molecular weight excluding hydrogens is 325 g/mol. The molecule has 1 aromatic carbocycles. The maximum Gasteiger partial charge on any atom is 0.435 e. The summed E-state index contributed by atoms with van der Waals surface area (Å²) in [6.07, 6.45) is -4.70. The number of carboxylic acid groups (broad SMARTS) is 1. The number of hydrogen-bond donors (Lipinski definition) is 2. The second kappa shape index (κ2) is 6.34. The van der Waals surface area contributed by atoms with E-state index in [1.807, 2.05) is 0 Å². The van der Waals surface area contributed by atoms with Crippen molar-refractivity contribution in [2.24, 2.45) is 12.1 Å². The SMILES string of the molecule is Cc1nn(C)c(C)c1C(=NNc1cccc(C(=O)O)c1)C(F)(F)F. The first-order chi connectivity index (χ1) is 11.1. The lowest BCUT2D eigenvalue weighted by molar-refractivity contribution is -0.0582. The van der Waals surface area contributed by atoms with Crippen molar-refractivity contribution in [3.05, 3.63) is 46.8 Å². The molecule has 0 spiro atoms. The molecule has 24 heavy (non-hydrogen) atoms. The second-order valence-electron chi connectivity index (χ2n) is 5.13. The van der Waals surface area contributed by atoms with Gasteiger partial charge >= 0.3 is 12.1 Å². The van der Waals surface area contributed by atoms with Gasteiger partial charge in [-0.05, 0) is 32.0 Å². The Labute approximate surface area is 135 Å². The van der Waals surface area contributed by atoms with E-state index in [2.05, 4.69) is 15.6 Å². The molecule has 0 unspecified atom stereocenters. The van der Waals surface area contributed by atoms with Crippen LogP contribution in [0.4, 0.5) is 18.9 Å². The molecular formula is C15H15F3N4O2. The lowest BCUT2D eigenvalue weighted by Crippen LogP contribution is -2.26. The highest BCUT2D eigenvalue weighted by atomic mass is 19.4. The first-order valence-electron chi connectivity index (χ1n) is 6.86. The third kappa shape index (κ3) is 3.55. The number of aromatic nitrogens is 2. The third-order valence-corrected chi connectivity index (χ3v) is 3.42. The number of nitrogens with zero attached hydrogens (tertiary/aromatic N) is 3. The van der Waals surface area contributed by atoms with Gasteiger partial charge in [-0.15, -0.1) is 0 Å². The molecule has 0 fully saturated rings. The largest absolute Gasteiger partial charge is 0.478 e. The van der Waals surface area contributed by atoms with Crippen molar-refractivity contribution in [3.63, 3.8) is 0 Å². The van der Waals surface area contributed by atoms with E-state index in [1.165, 1.54) is 42.8 Å². The Bertz CT molecular complexity index is 810. The van der Waals surface area contributed by atoms with Gasteiger partial charge in [-0.1, -0.05) is 6.07 Å². The highest BCUT2D eigenvalue weighted by Crippen LogP contribution is 2.26. The minimum Gasteiger partial charge on any atom is -0.478 e. The van der Waals surface area contributed by atoms with Crippen LogP contribution in [-0.2, 0) is 7.05 Å². The number of aryl methyl sites for hydroxylation is 2. The molecule has 1 aromatic heterocycles. The van der Waals surface area contributed by atoms with Crippen LogP contribution in [0.1, 0.15) is 27.3 Å². The van der Waals surface area contributed by atoms with Gasteiger partial charge in [0.2, 0.25) is 0 Å². The van der Waals surface area contributed by atoms with Crippen LogP contribution in [0, 0.1) is 13.8 Å². The topological polar surface area (TPSA) is 79.5 Å². The van der Waals surface area contributed by atoms with Gasteiger partial charge in [0, 0.05) is 12.7 Å². The van der Waals surface area contributed by atoms with Gasteiger partial charge in [0.1, 0.15) is 0 Å². The molecule has 9 heteroatoms. The van der Waals surface area contributed by atoms with E-state index in [4.69, 9.17) is 5.11 Å². The van der Waals surface area contributed by atoms with Crippen molar-refractivity contribution >= 4 is 17.4 Å². The zero-order valence-corrected chi connectivity index (χ0v) is 13.1. The van der Waals surface area contributed by atoms with Crippen molar-refractivity contribution in [2.75, 3.05) is 5.43 Å². The molecule has 1 heterocycles. The summed E-state index contributed by atoms with van der Waals surface area (Å²) in [6.45, 7) is 2.98. The van der Waals surface area contributed by atoms with Crippen molar-refractivity contribution in [1.29, 1.82) is 0 Å². The van der Waals surface area contributed by atoms with Gasteiger partial charge in [-0.25, -0.2) is 4.79 Å². The fraction of sp³-hybridized carbons (Fsp3) is 0.267. The van der Waals surface area contributed by atoms with Crippen LogP contribution in [0.5, 0.6) is 0 Å². The van der Waals surface area contributed by atoms with Crippen LogP contribution in [0.2, 0.25) is 0 Å². The van der Waals surface area contributed by atoms with Gasteiger partial charge in [0.05, 0.1) is 22.5 Å². The number of nitrogens with one attached hydrogen (secondary N) is 1. The van der Waals surface area contributed by atoms with Gasteiger partial charge in [-0.2, -0.15) is 23.4 Å². The molecule has 2 aromatic rings. The Hall–Kier alpha value is -2.84. The first kappa shape index (κ1) is 17.5. The summed E-state index contributed by atoms with van der Waals surface area (Å²) in [6, 6.07) is 5.36. The molecule has 0 bridgehead atoms. The van der Waals surface area contributed by atoms with Crippen LogP contribution >= 0.6 is 0 Å². The van der Waals surface area contributed by atoms with Gasteiger partial charge in [0.25, 0.3) is 0 Å². The molecule has 0 amide bonds. The van der Waals surface area contributed by atoms with E-state index < -0.39 is 17.9 Å². The molecule has 2 N–H and O–H groups in total. The zero-order valence-electron chi connectivity index (χ0n) is 13.1. The van der Waals surface area contributed by atoms with Crippen LogP contribution in [0.15, 0.2) is 29.4 Å². The zero-order chi connectivity index (χ0) is 18.1. The van der Waals surface area contributed by atoms with Crippen LogP contribution in [-0.4, -0.2) is 32.7 Å². The smallest absolute Gasteiger partial charge is 0.435 e. The highest BCUT2D eigenvalue weighted by Gasteiger charge is 2.40. The van der Waals surface area contributed by atoms with E-state index >= 15 is 0 Å².